The fraction of sp³-hybridized carbons (Fsp3) is 0.625. The summed E-state index contributed by atoms with van der Waals surface area (Å²) in [6, 6.07) is -0.489. The van der Waals surface area contributed by atoms with E-state index < -0.39 is 17.7 Å². The molecule has 1 rings (SSSR count). The molecule has 0 saturated carbocycles. The molecule has 1 fully saturated rings. The van der Waals surface area contributed by atoms with Crippen LogP contribution >= 0.6 is 11.8 Å². The van der Waals surface area contributed by atoms with Gasteiger partial charge in [0.05, 0.1) is 0 Å². The van der Waals surface area contributed by atoms with Crippen molar-refractivity contribution < 1.29 is 19.5 Å². The Labute approximate surface area is 96.3 Å². The largest absolute Gasteiger partial charge is 0.465 e. The number of urea groups is 1. The van der Waals surface area contributed by atoms with Crippen molar-refractivity contribution in [1.82, 2.24) is 16.0 Å². The third kappa shape index (κ3) is 3.30. The number of amides is 4. The highest BCUT2D eigenvalue weighted by Gasteiger charge is 2.41. The number of rotatable bonds is 5. The summed E-state index contributed by atoms with van der Waals surface area (Å²) in [5.74, 6) is 0.605. The molecule has 4 amide bonds. The molecule has 0 unspecified atom stereocenters. The number of carbonyl (C=O) groups excluding carboxylic acids is 2. The summed E-state index contributed by atoms with van der Waals surface area (Å²) in [7, 11) is 0. The smallest absolute Gasteiger partial charge is 0.404 e. The zero-order valence-electron chi connectivity index (χ0n) is 8.70. The van der Waals surface area contributed by atoms with E-state index in [2.05, 4.69) is 16.0 Å². The number of hydrogen-bond donors (Lipinski definition) is 4. The topological polar surface area (TPSA) is 108 Å². The van der Waals surface area contributed by atoms with Crippen LogP contribution in [0.1, 0.15) is 6.92 Å². The first-order valence-corrected chi connectivity index (χ1v) is 5.78. The van der Waals surface area contributed by atoms with Crippen molar-refractivity contribution in [3.63, 3.8) is 0 Å². The van der Waals surface area contributed by atoms with Gasteiger partial charge in [-0.25, -0.2) is 9.59 Å². The lowest BCUT2D eigenvalue weighted by Gasteiger charge is -2.19. The molecular weight excluding hydrogens is 234 g/mol. The average Bonchev–Trinajstić information content (AvgIpc) is 2.39. The molecule has 0 aromatic carbocycles. The van der Waals surface area contributed by atoms with Gasteiger partial charge in [-0.15, -0.1) is 0 Å². The predicted molar refractivity (Wildman–Crippen MR) is 58.4 cm³/mol. The Hall–Kier alpha value is -1.44. The summed E-state index contributed by atoms with van der Waals surface area (Å²) in [4.78, 5) is 32.4. The second kappa shape index (κ2) is 5.06. The van der Waals surface area contributed by atoms with Crippen molar-refractivity contribution in [3.05, 3.63) is 0 Å². The molecule has 4 N–H and O–H groups in total. The monoisotopic (exact) mass is 247 g/mol. The van der Waals surface area contributed by atoms with Crippen molar-refractivity contribution >= 4 is 29.8 Å². The normalized spacial score (nSPS) is 23.8. The van der Waals surface area contributed by atoms with Crippen LogP contribution in [0.4, 0.5) is 9.59 Å². The Balaban J connectivity index is 2.24. The van der Waals surface area contributed by atoms with Crippen LogP contribution in [0, 0.1) is 0 Å². The van der Waals surface area contributed by atoms with Crippen molar-refractivity contribution in [2.75, 3.05) is 18.1 Å². The van der Waals surface area contributed by atoms with Crippen LogP contribution in [0.3, 0.4) is 0 Å². The SMILES string of the molecule is C[C@]1(CSCCNC(=O)O)NC(=O)NC1=O. The van der Waals surface area contributed by atoms with Crippen LogP contribution in [0.2, 0.25) is 0 Å². The fourth-order valence-corrected chi connectivity index (χ4v) is 2.19. The van der Waals surface area contributed by atoms with Gasteiger partial charge in [-0.05, 0) is 6.92 Å². The predicted octanol–water partition coefficient (Wildman–Crippen LogP) is -0.415. The maximum Gasteiger partial charge on any atom is 0.404 e. The molecular formula is C8H13N3O4S. The van der Waals surface area contributed by atoms with Crippen molar-refractivity contribution in [1.29, 1.82) is 0 Å². The van der Waals surface area contributed by atoms with Crippen LogP contribution < -0.4 is 16.0 Å². The van der Waals surface area contributed by atoms with Gasteiger partial charge in [0.2, 0.25) is 0 Å². The average molecular weight is 247 g/mol. The van der Waals surface area contributed by atoms with Crippen LogP contribution in [0.5, 0.6) is 0 Å². The molecule has 0 bridgehead atoms. The van der Waals surface area contributed by atoms with Gasteiger partial charge in [-0.3, -0.25) is 10.1 Å². The molecule has 1 atom stereocenters. The van der Waals surface area contributed by atoms with E-state index in [1.807, 2.05) is 0 Å². The maximum absolute atomic E-state index is 11.4. The molecule has 1 heterocycles. The van der Waals surface area contributed by atoms with Gasteiger partial charge >= 0.3 is 12.1 Å². The summed E-state index contributed by atoms with van der Waals surface area (Å²) < 4.78 is 0. The van der Waals surface area contributed by atoms with E-state index in [1.165, 1.54) is 11.8 Å². The Morgan fingerprint density at radius 3 is 2.75 bits per heavy atom. The van der Waals surface area contributed by atoms with Crippen molar-refractivity contribution in [2.24, 2.45) is 0 Å². The minimum atomic E-state index is -1.07. The summed E-state index contributed by atoms with van der Waals surface area (Å²) in [5.41, 5.74) is -0.898. The van der Waals surface area contributed by atoms with Crippen LogP contribution in [-0.2, 0) is 4.79 Å². The minimum absolute atomic E-state index is 0.311. The highest BCUT2D eigenvalue weighted by Crippen LogP contribution is 2.16. The summed E-state index contributed by atoms with van der Waals surface area (Å²) >= 11 is 1.40. The molecule has 0 aromatic heterocycles. The number of carboxylic acid groups (broad SMARTS) is 1. The lowest BCUT2D eigenvalue weighted by Crippen LogP contribution is -2.46. The van der Waals surface area contributed by atoms with Crippen molar-refractivity contribution in [3.8, 4) is 0 Å². The Kier molecular flexibility index (Phi) is 3.99. The molecule has 7 nitrogen and oxygen atoms in total. The number of carbonyl (C=O) groups is 3. The van der Waals surface area contributed by atoms with Crippen molar-refractivity contribution in [2.45, 2.75) is 12.5 Å². The molecule has 0 aromatic rings. The van der Waals surface area contributed by atoms with E-state index in [4.69, 9.17) is 5.11 Å². The molecule has 0 aliphatic carbocycles. The maximum atomic E-state index is 11.4. The fourth-order valence-electron chi connectivity index (χ4n) is 1.19. The molecule has 1 aliphatic heterocycles. The van der Waals surface area contributed by atoms with E-state index in [-0.39, 0.29) is 5.91 Å². The third-order valence-corrected chi connectivity index (χ3v) is 3.31. The number of hydrogen-bond acceptors (Lipinski definition) is 4. The molecule has 90 valence electrons. The Morgan fingerprint density at radius 2 is 2.25 bits per heavy atom. The Bertz CT molecular complexity index is 322. The van der Waals surface area contributed by atoms with Crippen LogP contribution in [0.15, 0.2) is 0 Å². The van der Waals surface area contributed by atoms with E-state index >= 15 is 0 Å². The van der Waals surface area contributed by atoms with E-state index in [9.17, 15) is 14.4 Å². The third-order valence-electron chi connectivity index (χ3n) is 2.03. The van der Waals surface area contributed by atoms with Gasteiger partial charge in [0.25, 0.3) is 5.91 Å². The van der Waals surface area contributed by atoms with Gasteiger partial charge in [-0.2, -0.15) is 11.8 Å². The van der Waals surface area contributed by atoms with E-state index in [0.29, 0.717) is 18.1 Å². The second-order valence-corrected chi connectivity index (χ2v) is 4.63. The molecule has 1 aliphatic rings. The standard InChI is InChI=1S/C8H13N3O4S/c1-8(5(12)10-6(13)11-8)4-16-3-2-9-7(14)15/h9H,2-4H2,1H3,(H,14,15)(H2,10,11,12,13)/t8-/m1/s1. The lowest BCUT2D eigenvalue weighted by atomic mass is 10.1. The van der Waals surface area contributed by atoms with Gasteiger partial charge < -0.3 is 15.7 Å². The first kappa shape index (κ1) is 12.6. The number of thioether (sulfide) groups is 1. The molecule has 0 radical (unpaired) electrons. The van der Waals surface area contributed by atoms with Gasteiger partial charge in [-0.1, -0.05) is 0 Å². The van der Waals surface area contributed by atoms with Gasteiger partial charge in [0, 0.05) is 18.1 Å². The van der Waals surface area contributed by atoms with Gasteiger partial charge in [0.15, 0.2) is 0 Å². The second-order valence-electron chi connectivity index (χ2n) is 3.52. The van der Waals surface area contributed by atoms with Gasteiger partial charge in [0.1, 0.15) is 5.54 Å². The summed E-state index contributed by atoms with van der Waals surface area (Å²) in [6.45, 7) is 1.94. The lowest BCUT2D eigenvalue weighted by molar-refractivity contribution is -0.122. The highest BCUT2D eigenvalue weighted by molar-refractivity contribution is 7.99. The van der Waals surface area contributed by atoms with E-state index in [1.54, 1.807) is 6.92 Å². The number of nitrogens with one attached hydrogen (secondary N) is 3. The summed E-state index contributed by atoms with van der Waals surface area (Å²) in [6.07, 6.45) is -1.07. The molecule has 1 saturated heterocycles. The zero-order chi connectivity index (χ0) is 12.2. The molecule has 16 heavy (non-hydrogen) atoms. The number of imide groups is 1. The molecule has 0 spiro atoms. The zero-order valence-corrected chi connectivity index (χ0v) is 9.52. The van der Waals surface area contributed by atoms with Crippen LogP contribution in [-0.4, -0.2) is 46.7 Å². The first-order valence-electron chi connectivity index (χ1n) is 4.62. The highest BCUT2D eigenvalue weighted by atomic mass is 32.2. The minimum Gasteiger partial charge on any atom is -0.465 e. The summed E-state index contributed by atoms with van der Waals surface area (Å²) in [5, 5.41) is 15.2. The first-order chi connectivity index (χ1) is 7.44. The Morgan fingerprint density at radius 1 is 1.56 bits per heavy atom. The molecule has 8 heteroatoms. The van der Waals surface area contributed by atoms with Crippen LogP contribution in [0.25, 0.3) is 0 Å². The quantitative estimate of drug-likeness (QED) is 0.390. The van der Waals surface area contributed by atoms with E-state index in [0.717, 1.165) is 0 Å².